The Morgan fingerprint density at radius 1 is 0.889 bits per heavy atom. The summed E-state index contributed by atoms with van der Waals surface area (Å²) in [5.74, 6) is 0.771. The van der Waals surface area contributed by atoms with Crippen molar-refractivity contribution in [1.29, 1.82) is 0 Å². The summed E-state index contributed by atoms with van der Waals surface area (Å²) in [6.45, 7) is 5.83. The highest BCUT2D eigenvalue weighted by molar-refractivity contribution is 6.28. The second-order valence-electron chi connectivity index (χ2n) is 3.65. The first-order chi connectivity index (χ1) is 8.61. The van der Waals surface area contributed by atoms with Crippen molar-refractivity contribution >= 4 is 17.7 Å². The van der Waals surface area contributed by atoms with Crippen molar-refractivity contribution in [2.75, 3.05) is 0 Å². The fraction of sp³-hybridized carbons (Fsp3) is 0.231. The largest absolute Gasteiger partial charge is 0.237 e. The van der Waals surface area contributed by atoms with Crippen LogP contribution in [0.5, 0.6) is 0 Å². The van der Waals surface area contributed by atoms with E-state index in [1.165, 1.54) is 0 Å². The molecule has 0 bridgehead atoms. The van der Waals surface area contributed by atoms with Crippen LogP contribution in [0.25, 0.3) is 6.08 Å². The predicted octanol–water partition coefficient (Wildman–Crippen LogP) is 3.26. The minimum absolute atomic E-state index is 0.301. The Hall–Kier alpha value is -1.81. The first kappa shape index (κ1) is 14.3. The van der Waals surface area contributed by atoms with Crippen LogP contribution in [0.3, 0.4) is 0 Å². The molecular weight excluding hydrogens is 248 g/mol. The van der Waals surface area contributed by atoms with Crippen LogP contribution < -0.4 is 0 Å². The zero-order valence-corrected chi connectivity index (χ0v) is 11.4. The SMILES string of the molecule is C/C=C/c1ncc(C)cn1.Cc1cnc(Cl)nc1. The number of aryl methyl sites for hydroxylation is 2. The number of allylic oxidation sites excluding steroid dienone is 1. The molecule has 0 N–H and O–H groups in total. The zero-order valence-electron chi connectivity index (χ0n) is 10.6. The van der Waals surface area contributed by atoms with E-state index in [-0.39, 0.29) is 0 Å². The van der Waals surface area contributed by atoms with Crippen LogP contribution in [0.1, 0.15) is 23.9 Å². The van der Waals surface area contributed by atoms with Crippen molar-refractivity contribution in [2.24, 2.45) is 0 Å². The molecule has 0 spiro atoms. The summed E-state index contributed by atoms with van der Waals surface area (Å²) >= 11 is 5.39. The normalized spacial score (nSPS) is 10.0. The third-order valence-corrected chi connectivity index (χ3v) is 2.06. The molecule has 2 heterocycles. The van der Waals surface area contributed by atoms with Gasteiger partial charge in [0.2, 0.25) is 5.28 Å². The third-order valence-electron chi connectivity index (χ3n) is 1.87. The van der Waals surface area contributed by atoms with Gasteiger partial charge < -0.3 is 0 Å². The lowest BCUT2D eigenvalue weighted by Crippen LogP contribution is -1.85. The highest BCUT2D eigenvalue weighted by Crippen LogP contribution is 1.97. The number of nitrogens with zero attached hydrogens (tertiary/aromatic N) is 4. The molecule has 2 rings (SSSR count). The standard InChI is InChI=1S/C8H10N2.C5H5ClN2/c1-3-4-8-9-5-7(2)6-10-8;1-4-2-7-5(6)8-3-4/h3-6H,1-2H3;2-3H,1H3/b4-3+;. The van der Waals surface area contributed by atoms with Crippen LogP contribution in [0.4, 0.5) is 0 Å². The quantitative estimate of drug-likeness (QED) is 0.740. The van der Waals surface area contributed by atoms with Gasteiger partial charge >= 0.3 is 0 Å². The van der Waals surface area contributed by atoms with Crippen molar-refractivity contribution in [3.63, 3.8) is 0 Å². The summed E-state index contributed by atoms with van der Waals surface area (Å²) in [4.78, 5) is 15.6. The Morgan fingerprint density at radius 3 is 1.72 bits per heavy atom. The average molecular weight is 263 g/mol. The minimum atomic E-state index is 0.301. The molecule has 94 valence electrons. The van der Waals surface area contributed by atoms with Crippen molar-refractivity contribution in [1.82, 2.24) is 19.9 Å². The van der Waals surface area contributed by atoms with E-state index < -0.39 is 0 Å². The summed E-state index contributed by atoms with van der Waals surface area (Å²) in [6, 6.07) is 0. The second kappa shape index (κ2) is 7.50. The van der Waals surface area contributed by atoms with Crippen molar-refractivity contribution in [3.05, 3.63) is 53.1 Å². The van der Waals surface area contributed by atoms with E-state index in [0.717, 1.165) is 17.0 Å². The van der Waals surface area contributed by atoms with E-state index in [2.05, 4.69) is 19.9 Å². The highest BCUT2D eigenvalue weighted by Gasteiger charge is 1.86. The van der Waals surface area contributed by atoms with Crippen LogP contribution in [0.15, 0.2) is 30.9 Å². The van der Waals surface area contributed by atoms with E-state index >= 15 is 0 Å². The van der Waals surface area contributed by atoms with Gasteiger partial charge in [-0.1, -0.05) is 6.08 Å². The lowest BCUT2D eigenvalue weighted by Gasteiger charge is -1.90. The van der Waals surface area contributed by atoms with Gasteiger partial charge in [-0.2, -0.15) is 0 Å². The van der Waals surface area contributed by atoms with E-state index in [4.69, 9.17) is 11.6 Å². The van der Waals surface area contributed by atoms with Crippen molar-refractivity contribution in [2.45, 2.75) is 20.8 Å². The lowest BCUT2D eigenvalue weighted by molar-refractivity contribution is 1.10. The third kappa shape index (κ3) is 5.50. The summed E-state index contributed by atoms with van der Waals surface area (Å²) in [5, 5.41) is 0.301. The smallest absolute Gasteiger partial charge is 0.222 e. The fourth-order valence-electron chi connectivity index (χ4n) is 1.01. The molecule has 5 heteroatoms. The molecule has 18 heavy (non-hydrogen) atoms. The van der Waals surface area contributed by atoms with Gasteiger partial charge in [-0.15, -0.1) is 0 Å². The lowest BCUT2D eigenvalue weighted by atomic mass is 10.4. The summed E-state index contributed by atoms with van der Waals surface area (Å²) < 4.78 is 0. The first-order valence-electron chi connectivity index (χ1n) is 5.47. The molecule has 4 nitrogen and oxygen atoms in total. The van der Waals surface area contributed by atoms with E-state index in [9.17, 15) is 0 Å². The number of rotatable bonds is 1. The number of aromatic nitrogens is 4. The van der Waals surface area contributed by atoms with E-state index in [1.54, 1.807) is 12.4 Å². The molecule has 0 aromatic carbocycles. The van der Waals surface area contributed by atoms with Crippen molar-refractivity contribution in [3.8, 4) is 0 Å². The Kier molecular flexibility index (Phi) is 5.94. The topological polar surface area (TPSA) is 51.6 Å². The predicted molar refractivity (Wildman–Crippen MR) is 73.3 cm³/mol. The Bertz CT molecular complexity index is 470. The molecule has 0 saturated carbocycles. The van der Waals surface area contributed by atoms with Gasteiger partial charge in [0, 0.05) is 24.8 Å². The Balaban J connectivity index is 0.000000184. The molecule has 0 saturated heterocycles. The van der Waals surface area contributed by atoms with E-state index in [1.807, 2.05) is 45.3 Å². The minimum Gasteiger partial charge on any atom is -0.237 e. The maximum atomic E-state index is 5.39. The molecule has 0 aliphatic carbocycles. The van der Waals surface area contributed by atoms with Gasteiger partial charge in [0.15, 0.2) is 5.82 Å². The zero-order chi connectivity index (χ0) is 13.4. The molecule has 0 unspecified atom stereocenters. The first-order valence-corrected chi connectivity index (χ1v) is 5.85. The fourth-order valence-corrected chi connectivity index (χ4v) is 1.11. The molecule has 0 atom stereocenters. The monoisotopic (exact) mass is 262 g/mol. The summed E-state index contributed by atoms with van der Waals surface area (Å²) in [7, 11) is 0. The molecule has 0 aliphatic rings. The Labute approximate surface area is 112 Å². The second-order valence-corrected chi connectivity index (χ2v) is 3.99. The van der Waals surface area contributed by atoms with Crippen LogP contribution >= 0.6 is 11.6 Å². The molecule has 2 aromatic heterocycles. The number of hydrogen-bond donors (Lipinski definition) is 0. The molecule has 0 fully saturated rings. The van der Waals surface area contributed by atoms with Crippen molar-refractivity contribution < 1.29 is 0 Å². The highest BCUT2D eigenvalue weighted by atomic mass is 35.5. The summed E-state index contributed by atoms with van der Waals surface area (Å²) in [6.07, 6.45) is 10.8. The van der Waals surface area contributed by atoms with E-state index in [0.29, 0.717) is 5.28 Å². The van der Waals surface area contributed by atoms with Crippen LogP contribution in [0.2, 0.25) is 5.28 Å². The van der Waals surface area contributed by atoms with Crippen LogP contribution in [-0.4, -0.2) is 19.9 Å². The number of hydrogen-bond acceptors (Lipinski definition) is 4. The van der Waals surface area contributed by atoms with Crippen LogP contribution in [-0.2, 0) is 0 Å². The van der Waals surface area contributed by atoms with Gasteiger partial charge in [-0.25, -0.2) is 19.9 Å². The van der Waals surface area contributed by atoms with Gasteiger partial charge in [0.1, 0.15) is 0 Å². The maximum absolute atomic E-state index is 5.39. The van der Waals surface area contributed by atoms with Gasteiger partial charge in [-0.05, 0) is 49.6 Å². The number of halogens is 1. The van der Waals surface area contributed by atoms with Gasteiger partial charge in [0.25, 0.3) is 0 Å². The van der Waals surface area contributed by atoms with Gasteiger partial charge in [-0.3, -0.25) is 0 Å². The molecule has 0 aliphatic heterocycles. The molecule has 0 amide bonds. The maximum Gasteiger partial charge on any atom is 0.222 e. The Morgan fingerprint density at radius 2 is 1.33 bits per heavy atom. The summed E-state index contributed by atoms with van der Waals surface area (Å²) in [5.41, 5.74) is 2.11. The van der Waals surface area contributed by atoms with Gasteiger partial charge in [0.05, 0.1) is 0 Å². The molecule has 2 aromatic rings. The molecule has 0 radical (unpaired) electrons. The average Bonchev–Trinajstić information content (AvgIpc) is 2.37. The van der Waals surface area contributed by atoms with Crippen LogP contribution in [0, 0.1) is 13.8 Å². The molecular formula is C13H15ClN4.